The largest absolute Gasteiger partial charge is 0.481 e. The Balaban J connectivity index is 1.90. The van der Waals surface area contributed by atoms with Gasteiger partial charge in [-0.1, -0.05) is 54.6 Å². The van der Waals surface area contributed by atoms with Gasteiger partial charge in [0.05, 0.1) is 24.0 Å². The van der Waals surface area contributed by atoms with Crippen molar-refractivity contribution in [2.75, 3.05) is 11.5 Å². The number of carboxylic acids is 1. The number of amides is 1. The minimum atomic E-state index is -0.981. The lowest BCUT2D eigenvalue weighted by atomic mass is 9.99. The zero-order valence-electron chi connectivity index (χ0n) is 14.5. The second kappa shape index (κ2) is 9.77. The molecule has 2 rings (SSSR count). The van der Waals surface area contributed by atoms with Crippen molar-refractivity contribution in [3.05, 3.63) is 71.3 Å². The first-order chi connectivity index (χ1) is 12.5. The van der Waals surface area contributed by atoms with Gasteiger partial charge in [0.1, 0.15) is 0 Å². The first kappa shape index (κ1) is 19.7. The van der Waals surface area contributed by atoms with Crippen LogP contribution in [0.1, 0.15) is 33.9 Å². The van der Waals surface area contributed by atoms with Crippen LogP contribution in [0.5, 0.6) is 0 Å². The molecule has 0 aliphatic rings. The molecule has 0 spiro atoms. The fourth-order valence-corrected chi connectivity index (χ4v) is 3.29. The topological polar surface area (TPSA) is 83.5 Å². The summed E-state index contributed by atoms with van der Waals surface area (Å²) in [7, 11) is 0. The third-order valence-corrected chi connectivity index (χ3v) is 4.77. The number of benzene rings is 2. The van der Waals surface area contributed by atoms with E-state index >= 15 is 0 Å². The number of Topliss-reactive ketones (excluding diaryl/α,β-unsaturated/α-hetero) is 1. The van der Waals surface area contributed by atoms with Gasteiger partial charge in [0.25, 0.3) is 0 Å². The molecule has 1 atom stereocenters. The highest BCUT2D eigenvalue weighted by atomic mass is 32.2. The van der Waals surface area contributed by atoms with Crippen LogP contribution in [0.4, 0.5) is 0 Å². The molecule has 0 aliphatic heterocycles. The van der Waals surface area contributed by atoms with E-state index in [0.29, 0.717) is 5.56 Å². The second-order valence-corrected chi connectivity index (χ2v) is 6.84. The summed E-state index contributed by atoms with van der Waals surface area (Å²) in [5.74, 6) is -1.01. The van der Waals surface area contributed by atoms with E-state index in [1.54, 1.807) is 24.3 Å². The molecule has 6 heteroatoms. The molecule has 0 saturated carbocycles. The number of aliphatic carboxylic acids is 1. The molecule has 2 aromatic carbocycles. The van der Waals surface area contributed by atoms with Gasteiger partial charge < -0.3 is 10.4 Å². The molecule has 0 saturated heterocycles. The quantitative estimate of drug-likeness (QED) is 0.661. The number of nitrogens with one attached hydrogen (secondary N) is 1. The van der Waals surface area contributed by atoms with E-state index in [-0.39, 0.29) is 29.6 Å². The Kier molecular flexibility index (Phi) is 7.41. The van der Waals surface area contributed by atoms with Crippen molar-refractivity contribution in [1.29, 1.82) is 0 Å². The molecule has 0 radical (unpaired) electrons. The summed E-state index contributed by atoms with van der Waals surface area (Å²) in [6, 6.07) is 15.7. The van der Waals surface area contributed by atoms with Crippen LogP contribution in [0.2, 0.25) is 0 Å². The summed E-state index contributed by atoms with van der Waals surface area (Å²) >= 11 is 1.22. The molecule has 1 unspecified atom stereocenters. The van der Waals surface area contributed by atoms with E-state index in [4.69, 9.17) is 5.11 Å². The number of aryl methyl sites for hydroxylation is 1. The predicted molar refractivity (Wildman–Crippen MR) is 102 cm³/mol. The smallest absolute Gasteiger partial charge is 0.305 e. The number of carboxylic acid groups (broad SMARTS) is 1. The number of carbonyl (C=O) groups excluding carboxylic acids is 2. The highest BCUT2D eigenvalue weighted by Gasteiger charge is 2.19. The average molecular weight is 371 g/mol. The third kappa shape index (κ3) is 6.04. The predicted octanol–water partition coefficient (Wildman–Crippen LogP) is 3.24. The maximum Gasteiger partial charge on any atom is 0.305 e. The molecule has 2 aromatic rings. The number of thioether (sulfide) groups is 1. The summed E-state index contributed by atoms with van der Waals surface area (Å²) in [6.45, 7) is 1.88. The summed E-state index contributed by atoms with van der Waals surface area (Å²) < 4.78 is 0. The van der Waals surface area contributed by atoms with Gasteiger partial charge in [0.15, 0.2) is 5.78 Å². The fraction of sp³-hybridized carbons (Fsp3) is 0.250. The van der Waals surface area contributed by atoms with E-state index < -0.39 is 12.0 Å². The number of hydrogen-bond donors (Lipinski definition) is 2. The van der Waals surface area contributed by atoms with E-state index in [0.717, 1.165) is 11.1 Å². The number of hydrogen-bond acceptors (Lipinski definition) is 4. The van der Waals surface area contributed by atoms with E-state index in [9.17, 15) is 14.4 Å². The Hall–Kier alpha value is -2.60. The number of rotatable bonds is 9. The summed E-state index contributed by atoms with van der Waals surface area (Å²) in [5.41, 5.74) is 2.32. The zero-order chi connectivity index (χ0) is 18.9. The molecule has 26 heavy (non-hydrogen) atoms. The lowest BCUT2D eigenvalue weighted by Crippen LogP contribution is -2.32. The molecule has 0 bridgehead atoms. The van der Waals surface area contributed by atoms with E-state index in [1.165, 1.54) is 11.8 Å². The Labute approximate surface area is 156 Å². The van der Waals surface area contributed by atoms with Crippen LogP contribution >= 0.6 is 11.8 Å². The Morgan fingerprint density at radius 2 is 1.65 bits per heavy atom. The fourth-order valence-electron chi connectivity index (χ4n) is 2.57. The molecule has 1 amide bonds. The normalized spacial score (nSPS) is 11.6. The van der Waals surface area contributed by atoms with Crippen LogP contribution in [0.15, 0.2) is 54.6 Å². The summed E-state index contributed by atoms with van der Waals surface area (Å²) in [4.78, 5) is 35.4. The van der Waals surface area contributed by atoms with Gasteiger partial charge in [0.2, 0.25) is 5.91 Å². The highest BCUT2D eigenvalue weighted by molar-refractivity contribution is 8.00. The van der Waals surface area contributed by atoms with Gasteiger partial charge in [-0.15, -0.1) is 11.8 Å². The SMILES string of the molecule is Cc1ccccc1C(CC(=O)O)NC(=O)CSCC(=O)c1ccccc1. The van der Waals surface area contributed by atoms with Gasteiger partial charge >= 0.3 is 5.97 Å². The monoisotopic (exact) mass is 371 g/mol. The molecule has 0 aliphatic carbocycles. The maximum atomic E-state index is 12.2. The van der Waals surface area contributed by atoms with Crippen molar-refractivity contribution in [2.24, 2.45) is 0 Å². The Bertz CT molecular complexity index is 776. The highest BCUT2D eigenvalue weighted by Crippen LogP contribution is 2.21. The minimum Gasteiger partial charge on any atom is -0.481 e. The van der Waals surface area contributed by atoms with Crippen LogP contribution in [0.25, 0.3) is 0 Å². The molecule has 0 fully saturated rings. The zero-order valence-corrected chi connectivity index (χ0v) is 15.3. The molecule has 0 heterocycles. The molecule has 5 nitrogen and oxygen atoms in total. The first-order valence-corrected chi connectivity index (χ1v) is 9.35. The van der Waals surface area contributed by atoms with Crippen molar-refractivity contribution in [2.45, 2.75) is 19.4 Å². The number of ketones is 1. The second-order valence-electron chi connectivity index (χ2n) is 5.86. The van der Waals surface area contributed by atoms with Gasteiger partial charge in [-0.3, -0.25) is 14.4 Å². The molecule has 2 N–H and O–H groups in total. The Morgan fingerprint density at radius 1 is 1.00 bits per heavy atom. The van der Waals surface area contributed by atoms with Gasteiger partial charge in [-0.25, -0.2) is 0 Å². The van der Waals surface area contributed by atoms with Crippen molar-refractivity contribution >= 4 is 29.4 Å². The molecular weight excluding hydrogens is 350 g/mol. The Morgan fingerprint density at radius 3 is 2.31 bits per heavy atom. The first-order valence-electron chi connectivity index (χ1n) is 8.20. The summed E-state index contributed by atoms with van der Waals surface area (Å²) in [5, 5.41) is 11.9. The minimum absolute atomic E-state index is 0.0376. The standard InChI is InChI=1S/C20H21NO4S/c1-14-7-5-6-10-16(14)17(11-20(24)25)21-19(23)13-26-12-18(22)15-8-3-2-4-9-15/h2-10,17H,11-13H2,1H3,(H,21,23)(H,24,25). The molecule has 136 valence electrons. The molecular formula is C20H21NO4S. The van der Waals surface area contributed by atoms with Crippen LogP contribution in [0, 0.1) is 6.92 Å². The van der Waals surface area contributed by atoms with E-state index in [2.05, 4.69) is 5.32 Å². The van der Waals surface area contributed by atoms with Crippen molar-refractivity contribution in [1.82, 2.24) is 5.32 Å². The molecule has 0 aromatic heterocycles. The summed E-state index contributed by atoms with van der Waals surface area (Å²) in [6.07, 6.45) is -0.190. The van der Waals surface area contributed by atoms with Crippen molar-refractivity contribution in [3.8, 4) is 0 Å². The van der Waals surface area contributed by atoms with Crippen LogP contribution in [0.3, 0.4) is 0 Å². The van der Waals surface area contributed by atoms with Gasteiger partial charge in [-0.05, 0) is 18.1 Å². The third-order valence-electron chi connectivity index (χ3n) is 3.84. The van der Waals surface area contributed by atoms with E-state index in [1.807, 2.05) is 37.3 Å². The van der Waals surface area contributed by atoms with Crippen LogP contribution < -0.4 is 5.32 Å². The number of carbonyl (C=O) groups is 3. The average Bonchev–Trinajstić information content (AvgIpc) is 2.62. The van der Waals surface area contributed by atoms with Crippen LogP contribution in [-0.2, 0) is 9.59 Å². The maximum absolute atomic E-state index is 12.2. The lowest BCUT2D eigenvalue weighted by Gasteiger charge is -2.19. The van der Waals surface area contributed by atoms with Crippen molar-refractivity contribution < 1.29 is 19.5 Å². The van der Waals surface area contributed by atoms with Crippen LogP contribution in [-0.4, -0.2) is 34.3 Å². The lowest BCUT2D eigenvalue weighted by molar-refractivity contribution is -0.137. The van der Waals surface area contributed by atoms with Gasteiger partial charge in [0, 0.05) is 5.56 Å². The van der Waals surface area contributed by atoms with Gasteiger partial charge in [-0.2, -0.15) is 0 Å². The van der Waals surface area contributed by atoms with Crippen molar-refractivity contribution in [3.63, 3.8) is 0 Å².